The van der Waals surface area contributed by atoms with Crippen molar-refractivity contribution < 1.29 is 4.74 Å². The van der Waals surface area contributed by atoms with Gasteiger partial charge in [0.05, 0.1) is 36.0 Å². The molecule has 1 aliphatic rings. The van der Waals surface area contributed by atoms with Gasteiger partial charge < -0.3 is 9.72 Å². The molecule has 4 aromatic rings. The van der Waals surface area contributed by atoms with E-state index in [4.69, 9.17) is 4.74 Å². The molecule has 0 atom stereocenters. The monoisotopic (exact) mass is 429 g/mol. The molecule has 0 amide bonds. The van der Waals surface area contributed by atoms with Gasteiger partial charge in [-0.3, -0.25) is 9.69 Å². The average Bonchev–Trinajstić information content (AvgIpc) is 3.30. The van der Waals surface area contributed by atoms with E-state index in [1.807, 2.05) is 49.1 Å². The Morgan fingerprint density at radius 3 is 2.75 bits per heavy atom. The Bertz CT molecular complexity index is 1300. The fourth-order valence-corrected chi connectivity index (χ4v) is 4.04. The van der Waals surface area contributed by atoms with Crippen LogP contribution in [-0.2, 0) is 11.3 Å². The highest BCUT2D eigenvalue weighted by Gasteiger charge is 2.12. The molecule has 1 fully saturated rings. The highest BCUT2D eigenvalue weighted by Crippen LogP contribution is 2.24. The molecule has 0 unspecified atom stereocenters. The smallest absolute Gasteiger partial charge is 0.258 e. The Labute approximate surface area is 186 Å². The van der Waals surface area contributed by atoms with Gasteiger partial charge in [-0.25, -0.2) is 9.67 Å². The van der Waals surface area contributed by atoms with Crippen LogP contribution < -0.4 is 5.56 Å². The molecule has 0 saturated carbocycles. The number of aromatic amines is 1. The number of nitrogens with zero attached hydrogens (tertiary/aromatic N) is 4. The molecular weight excluding hydrogens is 402 g/mol. The molecule has 5 rings (SSSR count). The van der Waals surface area contributed by atoms with E-state index in [0.717, 1.165) is 49.7 Å². The van der Waals surface area contributed by atoms with Crippen LogP contribution in [0.2, 0.25) is 0 Å². The third-order valence-electron chi connectivity index (χ3n) is 5.87. The Kier molecular flexibility index (Phi) is 5.59. The van der Waals surface area contributed by atoms with E-state index in [1.54, 1.807) is 0 Å². The first kappa shape index (κ1) is 20.6. The molecule has 0 bridgehead atoms. The quantitative estimate of drug-likeness (QED) is 0.523. The number of benzene rings is 2. The third-order valence-corrected chi connectivity index (χ3v) is 5.87. The number of nitrogens with one attached hydrogen (secondary N) is 1. The number of aromatic nitrogens is 4. The number of hydrogen-bond donors (Lipinski definition) is 1. The maximum absolute atomic E-state index is 12.6. The summed E-state index contributed by atoms with van der Waals surface area (Å²) in [7, 11) is 0. The molecule has 7 heteroatoms. The normalized spacial score (nSPS) is 15.0. The van der Waals surface area contributed by atoms with Gasteiger partial charge in [-0.15, -0.1) is 0 Å². The topological polar surface area (TPSA) is 76.0 Å². The Morgan fingerprint density at radius 2 is 1.94 bits per heavy atom. The molecular formula is C25H27N5O2. The Morgan fingerprint density at radius 1 is 1.09 bits per heavy atom. The summed E-state index contributed by atoms with van der Waals surface area (Å²) in [6, 6.07) is 14.2. The summed E-state index contributed by atoms with van der Waals surface area (Å²) >= 11 is 0. The SMILES string of the molecule is CC(C)c1nc2ccc(-c3cnn(-c4cccc(CN5CCOCC5)c4)c3)cc2c(=O)[nH]1. The molecule has 7 nitrogen and oxygen atoms in total. The number of hydrogen-bond acceptors (Lipinski definition) is 5. The van der Waals surface area contributed by atoms with E-state index in [9.17, 15) is 4.79 Å². The van der Waals surface area contributed by atoms with E-state index in [2.05, 4.69) is 44.2 Å². The third kappa shape index (κ3) is 4.22. The van der Waals surface area contributed by atoms with Gasteiger partial charge in [0.15, 0.2) is 0 Å². The first-order chi connectivity index (χ1) is 15.6. The zero-order valence-corrected chi connectivity index (χ0v) is 18.4. The lowest BCUT2D eigenvalue weighted by Crippen LogP contribution is -2.35. The van der Waals surface area contributed by atoms with Gasteiger partial charge in [0, 0.05) is 37.3 Å². The molecule has 0 spiro atoms. The van der Waals surface area contributed by atoms with E-state index in [1.165, 1.54) is 5.56 Å². The van der Waals surface area contributed by atoms with E-state index in [0.29, 0.717) is 16.7 Å². The summed E-state index contributed by atoms with van der Waals surface area (Å²) in [6.07, 6.45) is 3.83. The highest BCUT2D eigenvalue weighted by atomic mass is 16.5. The molecule has 0 aliphatic carbocycles. The van der Waals surface area contributed by atoms with Crippen molar-refractivity contribution in [3.63, 3.8) is 0 Å². The van der Waals surface area contributed by atoms with Crippen molar-refractivity contribution in [3.05, 3.63) is 76.6 Å². The molecule has 32 heavy (non-hydrogen) atoms. The summed E-state index contributed by atoms with van der Waals surface area (Å²) < 4.78 is 7.33. The molecule has 2 aromatic carbocycles. The standard InChI is InChI=1S/C25H27N5O2/c1-17(2)24-27-23-7-6-19(13-22(23)25(31)28-24)20-14-26-30(16-20)21-5-3-4-18(12-21)15-29-8-10-32-11-9-29/h3-7,12-14,16-17H,8-11,15H2,1-2H3,(H,27,28,31). The maximum Gasteiger partial charge on any atom is 0.258 e. The predicted octanol–water partition coefficient (Wildman–Crippen LogP) is 3.73. The molecule has 2 aromatic heterocycles. The van der Waals surface area contributed by atoms with Gasteiger partial charge in [0.25, 0.3) is 5.56 Å². The van der Waals surface area contributed by atoms with Crippen LogP contribution in [0.3, 0.4) is 0 Å². The first-order valence-corrected chi connectivity index (χ1v) is 11.1. The highest BCUT2D eigenvalue weighted by molar-refractivity contribution is 5.83. The number of ether oxygens (including phenoxy) is 1. The second kappa shape index (κ2) is 8.68. The lowest BCUT2D eigenvalue weighted by Gasteiger charge is -2.26. The van der Waals surface area contributed by atoms with Crippen LogP contribution in [0.15, 0.2) is 59.7 Å². The molecule has 164 valence electrons. The zero-order valence-electron chi connectivity index (χ0n) is 18.4. The lowest BCUT2D eigenvalue weighted by atomic mass is 10.1. The van der Waals surface area contributed by atoms with Crippen molar-refractivity contribution in [2.75, 3.05) is 26.3 Å². The van der Waals surface area contributed by atoms with Crippen molar-refractivity contribution in [3.8, 4) is 16.8 Å². The van der Waals surface area contributed by atoms with Gasteiger partial charge >= 0.3 is 0 Å². The van der Waals surface area contributed by atoms with Crippen molar-refractivity contribution in [1.82, 2.24) is 24.6 Å². The van der Waals surface area contributed by atoms with Crippen LogP contribution in [0.5, 0.6) is 0 Å². The maximum atomic E-state index is 12.6. The van der Waals surface area contributed by atoms with Crippen molar-refractivity contribution in [1.29, 1.82) is 0 Å². The molecule has 1 N–H and O–H groups in total. The van der Waals surface area contributed by atoms with Crippen LogP contribution in [0.1, 0.15) is 31.2 Å². The lowest BCUT2D eigenvalue weighted by molar-refractivity contribution is 0.0342. The fraction of sp³-hybridized carbons (Fsp3) is 0.320. The largest absolute Gasteiger partial charge is 0.379 e. The second-order valence-corrected chi connectivity index (χ2v) is 8.57. The van der Waals surface area contributed by atoms with Gasteiger partial charge in [-0.05, 0) is 35.4 Å². The number of morpholine rings is 1. The van der Waals surface area contributed by atoms with Crippen LogP contribution in [0.4, 0.5) is 0 Å². The van der Waals surface area contributed by atoms with Crippen LogP contribution in [0, 0.1) is 0 Å². The van der Waals surface area contributed by atoms with Gasteiger partial charge in [-0.1, -0.05) is 32.0 Å². The van der Waals surface area contributed by atoms with E-state index in [-0.39, 0.29) is 11.5 Å². The van der Waals surface area contributed by atoms with Crippen LogP contribution >= 0.6 is 0 Å². The molecule has 0 radical (unpaired) electrons. The summed E-state index contributed by atoms with van der Waals surface area (Å²) in [4.78, 5) is 22.5. The van der Waals surface area contributed by atoms with Gasteiger partial charge in [0.2, 0.25) is 0 Å². The minimum absolute atomic E-state index is 0.108. The summed E-state index contributed by atoms with van der Waals surface area (Å²) in [6.45, 7) is 8.46. The second-order valence-electron chi connectivity index (χ2n) is 8.57. The fourth-order valence-electron chi connectivity index (χ4n) is 4.04. The average molecular weight is 430 g/mol. The van der Waals surface area contributed by atoms with E-state index < -0.39 is 0 Å². The molecule has 3 heterocycles. The van der Waals surface area contributed by atoms with Crippen molar-refractivity contribution in [2.45, 2.75) is 26.3 Å². The number of H-pyrrole nitrogens is 1. The van der Waals surface area contributed by atoms with E-state index >= 15 is 0 Å². The number of fused-ring (bicyclic) bond motifs is 1. The summed E-state index contributed by atoms with van der Waals surface area (Å²) in [5, 5.41) is 5.16. The Balaban J connectivity index is 1.41. The molecule has 1 aliphatic heterocycles. The minimum Gasteiger partial charge on any atom is -0.379 e. The Hall–Kier alpha value is -3.29. The number of rotatable bonds is 5. The first-order valence-electron chi connectivity index (χ1n) is 11.1. The summed E-state index contributed by atoms with van der Waals surface area (Å²) in [5.41, 5.74) is 4.78. The van der Waals surface area contributed by atoms with Gasteiger partial charge in [0.1, 0.15) is 5.82 Å². The van der Waals surface area contributed by atoms with Crippen molar-refractivity contribution >= 4 is 10.9 Å². The zero-order chi connectivity index (χ0) is 22.1. The minimum atomic E-state index is -0.108. The van der Waals surface area contributed by atoms with Crippen LogP contribution in [0.25, 0.3) is 27.7 Å². The molecule has 1 saturated heterocycles. The van der Waals surface area contributed by atoms with Gasteiger partial charge in [-0.2, -0.15) is 5.10 Å². The van der Waals surface area contributed by atoms with Crippen LogP contribution in [-0.4, -0.2) is 51.0 Å². The van der Waals surface area contributed by atoms with Crippen molar-refractivity contribution in [2.24, 2.45) is 0 Å². The predicted molar refractivity (Wildman–Crippen MR) is 125 cm³/mol. The summed E-state index contributed by atoms with van der Waals surface area (Å²) in [5.74, 6) is 0.879.